The molecule has 0 atom stereocenters. The van der Waals surface area contributed by atoms with Crippen LogP contribution in [0.1, 0.15) is 5.56 Å². The number of aromatic nitrogens is 1. The Balaban J connectivity index is 1.69. The lowest BCUT2D eigenvalue weighted by atomic mass is 10.3. The van der Waals surface area contributed by atoms with E-state index in [0.29, 0.717) is 12.2 Å². The highest BCUT2D eigenvalue weighted by molar-refractivity contribution is 7.91. The maximum absolute atomic E-state index is 12.8. The molecule has 0 radical (unpaired) electrons. The molecule has 1 heterocycles. The van der Waals surface area contributed by atoms with Crippen molar-refractivity contribution in [3.8, 4) is 0 Å². The van der Waals surface area contributed by atoms with Crippen molar-refractivity contribution in [3.63, 3.8) is 0 Å². The lowest BCUT2D eigenvalue weighted by Gasteiger charge is -2.10. The molecule has 9 heteroatoms. The number of carbonyl (C=O) groups excluding carboxylic acids is 1. The quantitative estimate of drug-likeness (QED) is 0.615. The van der Waals surface area contributed by atoms with Crippen molar-refractivity contribution in [1.82, 2.24) is 10.3 Å². The van der Waals surface area contributed by atoms with Crippen LogP contribution in [-0.2, 0) is 16.4 Å². The molecule has 6 nitrogen and oxygen atoms in total. The molecule has 1 aromatic heterocycles. The lowest BCUT2D eigenvalue weighted by molar-refractivity contribution is 0.251. The number of rotatable bonds is 5. The molecule has 3 rings (SSSR count). The van der Waals surface area contributed by atoms with E-state index in [-0.39, 0.29) is 19.8 Å². The topological polar surface area (TPSA) is 88.2 Å². The normalized spacial score (nSPS) is 11.1. The lowest BCUT2D eigenvalue weighted by Crippen LogP contribution is -2.28. The zero-order valence-corrected chi connectivity index (χ0v) is 16.7. The van der Waals surface area contributed by atoms with E-state index >= 15 is 0 Å². The SMILES string of the molecule is O=C(NCc1cccnc1)Nc1ccc(S(=O)(=O)c2cccc(Cl)c2Cl)cc1. The number of pyridine rings is 1. The Morgan fingerprint density at radius 2 is 1.75 bits per heavy atom. The Bertz CT molecular complexity index is 1090. The summed E-state index contributed by atoms with van der Waals surface area (Å²) >= 11 is 11.9. The van der Waals surface area contributed by atoms with Crippen molar-refractivity contribution < 1.29 is 13.2 Å². The third-order valence-electron chi connectivity index (χ3n) is 3.80. The van der Waals surface area contributed by atoms with Gasteiger partial charge in [-0.25, -0.2) is 13.2 Å². The molecule has 3 aromatic rings. The van der Waals surface area contributed by atoms with Crippen molar-refractivity contribution in [3.05, 3.63) is 82.6 Å². The summed E-state index contributed by atoms with van der Waals surface area (Å²) in [5.74, 6) is 0. The Hall–Kier alpha value is -2.61. The zero-order chi connectivity index (χ0) is 20.1. The molecule has 0 unspecified atom stereocenters. The minimum absolute atomic E-state index is 0.0267. The number of nitrogens with one attached hydrogen (secondary N) is 2. The molecule has 0 fully saturated rings. The van der Waals surface area contributed by atoms with Crippen molar-refractivity contribution in [1.29, 1.82) is 0 Å². The van der Waals surface area contributed by atoms with Gasteiger partial charge in [-0.05, 0) is 48.0 Å². The van der Waals surface area contributed by atoms with Gasteiger partial charge >= 0.3 is 6.03 Å². The van der Waals surface area contributed by atoms with Crippen molar-refractivity contribution in [2.24, 2.45) is 0 Å². The average molecular weight is 436 g/mol. The van der Waals surface area contributed by atoms with Crippen LogP contribution in [0.4, 0.5) is 10.5 Å². The Labute approximate surface area is 172 Å². The summed E-state index contributed by atoms with van der Waals surface area (Å²) < 4.78 is 25.5. The third-order valence-corrected chi connectivity index (χ3v) is 6.55. The van der Waals surface area contributed by atoms with Crippen LogP contribution in [0.3, 0.4) is 0 Å². The fourth-order valence-electron chi connectivity index (χ4n) is 2.40. The number of halogens is 2. The Morgan fingerprint density at radius 3 is 2.43 bits per heavy atom. The summed E-state index contributed by atoms with van der Waals surface area (Å²) in [5, 5.41) is 5.46. The summed E-state index contributed by atoms with van der Waals surface area (Å²) in [6.45, 7) is 0.319. The smallest absolute Gasteiger partial charge is 0.319 e. The second-order valence-corrected chi connectivity index (χ2v) is 8.45. The molecule has 0 aliphatic carbocycles. The second-order valence-electron chi connectivity index (χ2n) is 5.75. The van der Waals surface area contributed by atoms with Gasteiger partial charge in [0.25, 0.3) is 0 Å². The van der Waals surface area contributed by atoms with Crippen LogP contribution in [0, 0.1) is 0 Å². The van der Waals surface area contributed by atoms with Gasteiger partial charge in [-0.15, -0.1) is 0 Å². The molecule has 0 spiro atoms. The first kappa shape index (κ1) is 20.1. The first-order valence-electron chi connectivity index (χ1n) is 8.11. The summed E-state index contributed by atoms with van der Waals surface area (Å²) in [6, 6.07) is 13.4. The van der Waals surface area contributed by atoms with Crippen LogP contribution in [0.2, 0.25) is 10.0 Å². The number of sulfone groups is 1. The molecule has 0 saturated carbocycles. The van der Waals surface area contributed by atoms with Crippen LogP contribution in [-0.4, -0.2) is 19.4 Å². The average Bonchev–Trinajstić information content (AvgIpc) is 2.69. The third kappa shape index (κ3) is 4.62. The van der Waals surface area contributed by atoms with Crippen LogP contribution in [0.5, 0.6) is 0 Å². The monoisotopic (exact) mass is 435 g/mol. The molecule has 2 N–H and O–H groups in total. The summed E-state index contributed by atoms with van der Waals surface area (Å²) in [7, 11) is -3.84. The van der Waals surface area contributed by atoms with E-state index in [9.17, 15) is 13.2 Å². The Kier molecular flexibility index (Phi) is 6.18. The molecule has 0 bridgehead atoms. The van der Waals surface area contributed by atoms with Gasteiger partial charge in [0.05, 0.1) is 19.8 Å². The fraction of sp³-hybridized carbons (Fsp3) is 0.0526. The number of carbonyl (C=O) groups is 1. The van der Waals surface area contributed by atoms with Crippen molar-refractivity contribution >= 4 is 44.8 Å². The second kappa shape index (κ2) is 8.60. The molecule has 0 aliphatic rings. The van der Waals surface area contributed by atoms with Gasteiger partial charge in [0, 0.05) is 24.6 Å². The number of amides is 2. The van der Waals surface area contributed by atoms with Gasteiger partial charge in [-0.1, -0.05) is 35.3 Å². The van der Waals surface area contributed by atoms with Gasteiger partial charge in [0.15, 0.2) is 0 Å². The van der Waals surface area contributed by atoms with E-state index in [1.807, 2.05) is 6.07 Å². The molecule has 2 amide bonds. The largest absolute Gasteiger partial charge is 0.334 e. The predicted molar refractivity (Wildman–Crippen MR) is 108 cm³/mol. The number of benzene rings is 2. The minimum atomic E-state index is -3.84. The number of hydrogen-bond donors (Lipinski definition) is 2. The van der Waals surface area contributed by atoms with Crippen LogP contribution in [0.25, 0.3) is 0 Å². The first-order valence-corrected chi connectivity index (χ1v) is 10.3. The maximum atomic E-state index is 12.8. The van der Waals surface area contributed by atoms with E-state index in [2.05, 4.69) is 15.6 Å². The first-order chi connectivity index (χ1) is 13.4. The summed E-state index contributed by atoms with van der Waals surface area (Å²) in [5.41, 5.74) is 1.30. The van der Waals surface area contributed by atoms with Gasteiger partial charge in [0.1, 0.15) is 0 Å². The zero-order valence-electron chi connectivity index (χ0n) is 14.4. The Morgan fingerprint density at radius 1 is 1.00 bits per heavy atom. The van der Waals surface area contributed by atoms with E-state index in [4.69, 9.17) is 23.2 Å². The molecule has 2 aromatic carbocycles. The van der Waals surface area contributed by atoms with Gasteiger partial charge in [-0.2, -0.15) is 0 Å². The standard InChI is InChI=1S/C19H15Cl2N3O3S/c20-16-4-1-5-17(18(16)21)28(26,27)15-8-6-14(7-9-15)24-19(25)23-12-13-3-2-10-22-11-13/h1-11H,12H2,(H2,23,24,25). The van der Waals surface area contributed by atoms with Crippen molar-refractivity contribution in [2.45, 2.75) is 16.3 Å². The number of urea groups is 1. The highest BCUT2D eigenvalue weighted by Crippen LogP contribution is 2.32. The van der Waals surface area contributed by atoms with Gasteiger partial charge in [-0.3, -0.25) is 4.98 Å². The summed E-state index contributed by atoms with van der Waals surface area (Å²) in [4.78, 5) is 15.9. The number of anilines is 1. The summed E-state index contributed by atoms with van der Waals surface area (Å²) in [6.07, 6.45) is 3.30. The highest BCUT2D eigenvalue weighted by atomic mass is 35.5. The molecule has 144 valence electrons. The maximum Gasteiger partial charge on any atom is 0.319 e. The fourth-order valence-corrected chi connectivity index (χ4v) is 4.41. The van der Waals surface area contributed by atoms with E-state index in [0.717, 1.165) is 5.56 Å². The van der Waals surface area contributed by atoms with E-state index in [1.165, 1.54) is 42.5 Å². The minimum Gasteiger partial charge on any atom is -0.334 e. The van der Waals surface area contributed by atoms with Crippen molar-refractivity contribution in [2.75, 3.05) is 5.32 Å². The molecule has 0 saturated heterocycles. The van der Waals surface area contributed by atoms with Gasteiger partial charge < -0.3 is 10.6 Å². The van der Waals surface area contributed by atoms with E-state index in [1.54, 1.807) is 18.5 Å². The number of hydrogen-bond acceptors (Lipinski definition) is 4. The highest BCUT2D eigenvalue weighted by Gasteiger charge is 2.22. The van der Waals surface area contributed by atoms with E-state index < -0.39 is 15.9 Å². The van der Waals surface area contributed by atoms with Crippen LogP contribution in [0.15, 0.2) is 76.8 Å². The molecule has 28 heavy (non-hydrogen) atoms. The van der Waals surface area contributed by atoms with Crippen LogP contribution >= 0.6 is 23.2 Å². The number of nitrogens with zero attached hydrogens (tertiary/aromatic N) is 1. The predicted octanol–water partition coefficient (Wildman–Crippen LogP) is 4.54. The molecular formula is C19H15Cl2N3O3S. The van der Waals surface area contributed by atoms with Gasteiger partial charge in [0.2, 0.25) is 9.84 Å². The molecular weight excluding hydrogens is 421 g/mol. The molecule has 0 aliphatic heterocycles. The van der Waals surface area contributed by atoms with Crippen LogP contribution < -0.4 is 10.6 Å².